The molecule has 0 bridgehead atoms. The summed E-state index contributed by atoms with van der Waals surface area (Å²) < 4.78 is 5.23. The predicted octanol–water partition coefficient (Wildman–Crippen LogP) is 1.57. The van der Waals surface area contributed by atoms with E-state index in [4.69, 9.17) is 4.42 Å². The Labute approximate surface area is 82.1 Å². The van der Waals surface area contributed by atoms with Crippen LogP contribution in [0.3, 0.4) is 0 Å². The van der Waals surface area contributed by atoms with Crippen LogP contribution >= 0.6 is 0 Å². The van der Waals surface area contributed by atoms with E-state index >= 15 is 0 Å². The second-order valence-electron chi connectivity index (χ2n) is 4.30. The lowest BCUT2D eigenvalue weighted by Crippen LogP contribution is -2.16. The van der Waals surface area contributed by atoms with Crippen molar-refractivity contribution in [2.45, 2.75) is 19.3 Å². The molecule has 2 rings (SSSR count). The first kappa shape index (κ1) is 9.19. The van der Waals surface area contributed by atoms with E-state index in [0.29, 0.717) is 5.76 Å². The summed E-state index contributed by atoms with van der Waals surface area (Å²) in [5, 5.41) is 0. The number of hydrogen-bond donors (Lipinski definition) is 0. The van der Waals surface area contributed by atoms with Crippen molar-refractivity contribution in [3.05, 3.63) is 24.2 Å². The fraction of sp³-hybridized carbons (Fsp3) is 0.455. The fourth-order valence-electron chi connectivity index (χ4n) is 2.38. The molecule has 0 aliphatic heterocycles. The Hall–Kier alpha value is -1.38. The first-order valence-electron chi connectivity index (χ1n) is 4.57. The summed E-state index contributed by atoms with van der Waals surface area (Å²) in [4.78, 5) is 22.0. The van der Waals surface area contributed by atoms with Crippen LogP contribution in [-0.2, 0) is 15.0 Å². The Morgan fingerprint density at radius 3 is 2.50 bits per heavy atom. The quantitative estimate of drug-likeness (QED) is 0.683. The highest BCUT2D eigenvalue weighted by atomic mass is 16.3. The van der Waals surface area contributed by atoms with Crippen LogP contribution in [-0.4, -0.2) is 12.6 Å². The molecule has 1 aliphatic rings. The van der Waals surface area contributed by atoms with Crippen molar-refractivity contribution in [2.75, 3.05) is 0 Å². The van der Waals surface area contributed by atoms with Gasteiger partial charge in [-0.2, -0.15) is 0 Å². The molecular formula is C11H12O3. The summed E-state index contributed by atoms with van der Waals surface area (Å²) in [6.45, 7) is 3.81. The van der Waals surface area contributed by atoms with Crippen molar-refractivity contribution in [1.82, 2.24) is 0 Å². The molecule has 1 saturated carbocycles. The summed E-state index contributed by atoms with van der Waals surface area (Å²) in [5.41, 5.74) is -1.06. The maximum Gasteiger partial charge on any atom is 0.135 e. The van der Waals surface area contributed by atoms with Crippen molar-refractivity contribution < 1.29 is 14.0 Å². The molecule has 1 aromatic heterocycles. The Kier molecular flexibility index (Phi) is 1.68. The van der Waals surface area contributed by atoms with Crippen molar-refractivity contribution in [3.8, 4) is 0 Å². The fourth-order valence-corrected chi connectivity index (χ4v) is 2.38. The van der Waals surface area contributed by atoms with E-state index in [0.717, 1.165) is 12.6 Å². The van der Waals surface area contributed by atoms with Crippen LogP contribution in [0.5, 0.6) is 0 Å². The molecular weight excluding hydrogens is 180 g/mol. The molecule has 14 heavy (non-hydrogen) atoms. The van der Waals surface area contributed by atoms with Crippen LogP contribution in [0.15, 0.2) is 22.8 Å². The largest absolute Gasteiger partial charge is 0.468 e. The van der Waals surface area contributed by atoms with Gasteiger partial charge < -0.3 is 14.0 Å². The van der Waals surface area contributed by atoms with Gasteiger partial charge in [0.1, 0.15) is 18.3 Å². The van der Waals surface area contributed by atoms with Crippen molar-refractivity contribution in [1.29, 1.82) is 0 Å². The highest BCUT2D eigenvalue weighted by molar-refractivity contribution is 5.85. The molecule has 0 saturated heterocycles. The Morgan fingerprint density at radius 2 is 2.14 bits per heavy atom. The molecule has 74 valence electrons. The molecule has 3 heteroatoms. The van der Waals surface area contributed by atoms with Gasteiger partial charge in [0, 0.05) is 5.92 Å². The van der Waals surface area contributed by atoms with Crippen LogP contribution in [0, 0.1) is 11.3 Å². The molecule has 1 aromatic rings. The Morgan fingerprint density at radius 1 is 1.43 bits per heavy atom. The highest BCUT2D eigenvalue weighted by Crippen LogP contribution is 2.67. The van der Waals surface area contributed by atoms with E-state index in [1.54, 1.807) is 12.1 Å². The minimum absolute atomic E-state index is 0.265. The van der Waals surface area contributed by atoms with E-state index in [-0.39, 0.29) is 11.3 Å². The van der Waals surface area contributed by atoms with Gasteiger partial charge in [-0.25, -0.2) is 0 Å². The topological polar surface area (TPSA) is 47.3 Å². The Bertz CT molecular complexity index is 364. The van der Waals surface area contributed by atoms with Gasteiger partial charge in [-0.1, -0.05) is 13.8 Å². The lowest BCUT2D eigenvalue weighted by molar-refractivity contribution is -0.114. The summed E-state index contributed by atoms with van der Waals surface area (Å²) in [5.74, 6) is 0.327. The first-order valence-corrected chi connectivity index (χ1v) is 4.57. The van der Waals surface area contributed by atoms with Gasteiger partial charge in [-0.15, -0.1) is 0 Å². The number of carbonyl (C=O) groups excluding carboxylic acids is 2. The van der Waals surface area contributed by atoms with Crippen LogP contribution < -0.4 is 0 Å². The third-order valence-corrected chi connectivity index (χ3v) is 3.50. The van der Waals surface area contributed by atoms with Gasteiger partial charge in [-0.3, -0.25) is 0 Å². The summed E-state index contributed by atoms with van der Waals surface area (Å²) in [7, 11) is 0. The zero-order chi connectivity index (χ0) is 10.4. The maximum absolute atomic E-state index is 11.2. The molecule has 0 amide bonds. The molecule has 3 nitrogen and oxygen atoms in total. The van der Waals surface area contributed by atoms with Crippen molar-refractivity contribution in [3.63, 3.8) is 0 Å². The van der Waals surface area contributed by atoms with Crippen LogP contribution in [0.25, 0.3) is 0 Å². The van der Waals surface area contributed by atoms with Crippen LogP contribution in [0.2, 0.25) is 0 Å². The monoisotopic (exact) mass is 192 g/mol. The van der Waals surface area contributed by atoms with E-state index in [2.05, 4.69) is 0 Å². The molecule has 0 aromatic carbocycles. The van der Waals surface area contributed by atoms with E-state index in [1.807, 2.05) is 13.8 Å². The van der Waals surface area contributed by atoms with Crippen LogP contribution in [0.4, 0.5) is 0 Å². The summed E-state index contributed by atoms with van der Waals surface area (Å²) in [6.07, 6.45) is 3.21. The van der Waals surface area contributed by atoms with Gasteiger partial charge in [-0.05, 0) is 17.5 Å². The highest BCUT2D eigenvalue weighted by Gasteiger charge is 2.74. The van der Waals surface area contributed by atoms with E-state index < -0.39 is 5.41 Å². The average Bonchev–Trinajstić information content (AvgIpc) is 2.60. The van der Waals surface area contributed by atoms with Gasteiger partial charge >= 0.3 is 0 Å². The third-order valence-electron chi connectivity index (χ3n) is 3.50. The number of hydrogen-bond acceptors (Lipinski definition) is 3. The molecule has 1 aliphatic carbocycles. The normalized spacial score (nSPS) is 33.7. The third kappa shape index (κ3) is 0.775. The predicted molar refractivity (Wildman–Crippen MR) is 49.8 cm³/mol. The molecule has 2 atom stereocenters. The molecule has 1 heterocycles. The molecule has 0 spiro atoms. The van der Waals surface area contributed by atoms with Gasteiger partial charge in [0.05, 0.1) is 11.7 Å². The van der Waals surface area contributed by atoms with Crippen molar-refractivity contribution >= 4 is 12.6 Å². The molecule has 1 fully saturated rings. The number of carbonyl (C=O) groups is 2. The number of rotatable bonds is 3. The molecule has 2 unspecified atom stereocenters. The SMILES string of the molecule is CC1(C)C(C=O)C1(C=O)c1ccco1. The smallest absolute Gasteiger partial charge is 0.135 e. The minimum atomic E-state index is -0.738. The zero-order valence-corrected chi connectivity index (χ0v) is 8.19. The van der Waals surface area contributed by atoms with Crippen molar-refractivity contribution in [2.24, 2.45) is 11.3 Å². The maximum atomic E-state index is 11.2. The average molecular weight is 192 g/mol. The van der Waals surface area contributed by atoms with E-state index in [1.165, 1.54) is 6.26 Å². The molecule has 0 radical (unpaired) electrons. The standard InChI is InChI=1S/C11H12O3/c1-10(2)8(6-12)11(10,7-13)9-4-3-5-14-9/h3-8H,1-2H3. The second kappa shape index (κ2) is 2.56. The summed E-state index contributed by atoms with van der Waals surface area (Å²) >= 11 is 0. The first-order chi connectivity index (χ1) is 6.61. The second-order valence-corrected chi connectivity index (χ2v) is 4.30. The van der Waals surface area contributed by atoms with Gasteiger partial charge in [0.2, 0.25) is 0 Å². The zero-order valence-electron chi connectivity index (χ0n) is 8.19. The number of aldehydes is 2. The number of furan rings is 1. The molecule has 0 N–H and O–H groups in total. The Balaban J connectivity index is 2.49. The van der Waals surface area contributed by atoms with Gasteiger partial charge in [0.15, 0.2) is 0 Å². The summed E-state index contributed by atoms with van der Waals surface area (Å²) in [6, 6.07) is 3.48. The van der Waals surface area contributed by atoms with E-state index in [9.17, 15) is 9.59 Å². The lowest BCUT2D eigenvalue weighted by atomic mass is 9.95. The van der Waals surface area contributed by atoms with Crippen LogP contribution in [0.1, 0.15) is 19.6 Å². The van der Waals surface area contributed by atoms with Gasteiger partial charge in [0.25, 0.3) is 0 Å². The lowest BCUT2D eigenvalue weighted by Gasteiger charge is -2.08. The minimum Gasteiger partial charge on any atom is -0.468 e.